The van der Waals surface area contributed by atoms with E-state index < -0.39 is 12.5 Å². The zero-order valence-electron chi connectivity index (χ0n) is 10.1. The van der Waals surface area contributed by atoms with Crippen molar-refractivity contribution in [3.63, 3.8) is 0 Å². The van der Waals surface area contributed by atoms with Gasteiger partial charge in [-0.2, -0.15) is 0 Å². The third kappa shape index (κ3) is 4.30. The number of halogens is 2. The summed E-state index contributed by atoms with van der Waals surface area (Å²) in [4.78, 5) is 0. The third-order valence-electron chi connectivity index (χ3n) is 2.58. The molecule has 0 radical (unpaired) electrons. The second-order valence-electron chi connectivity index (χ2n) is 3.99. The normalized spacial score (nSPS) is 12.5. The van der Waals surface area contributed by atoms with Crippen molar-refractivity contribution in [3.05, 3.63) is 29.6 Å². The summed E-state index contributed by atoms with van der Waals surface area (Å²) in [6, 6.07) is 4.75. The van der Waals surface area contributed by atoms with E-state index in [1.54, 1.807) is 12.1 Å². The van der Waals surface area contributed by atoms with Crippen molar-refractivity contribution in [1.82, 2.24) is 0 Å². The summed E-state index contributed by atoms with van der Waals surface area (Å²) in [5, 5.41) is 0. The van der Waals surface area contributed by atoms with Crippen LogP contribution in [0.2, 0.25) is 0 Å². The Morgan fingerprint density at radius 3 is 2.82 bits per heavy atom. The number of ether oxygens (including phenoxy) is 1. The second kappa shape index (κ2) is 7.22. The maximum Gasteiger partial charge on any atom is 0.165 e. The van der Waals surface area contributed by atoms with Gasteiger partial charge in [-0.15, -0.1) is 0 Å². The minimum absolute atomic E-state index is 0.0136. The summed E-state index contributed by atoms with van der Waals surface area (Å²) >= 11 is 0. The van der Waals surface area contributed by atoms with Gasteiger partial charge in [0.2, 0.25) is 0 Å². The van der Waals surface area contributed by atoms with E-state index in [2.05, 4.69) is 0 Å². The molecule has 0 aliphatic carbocycles. The molecule has 1 atom stereocenters. The molecule has 2 N–H and O–H groups in total. The van der Waals surface area contributed by atoms with E-state index in [1.165, 1.54) is 6.07 Å². The molecular formula is C13H19F2NO. The Hall–Kier alpha value is -1.16. The smallest absolute Gasteiger partial charge is 0.165 e. The molecule has 0 amide bonds. The molecule has 4 heteroatoms. The van der Waals surface area contributed by atoms with E-state index in [0.717, 1.165) is 12.0 Å². The first-order valence-corrected chi connectivity index (χ1v) is 5.90. The third-order valence-corrected chi connectivity index (χ3v) is 2.58. The lowest BCUT2D eigenvalue weighted by molar-refractivity contribution is 0.274. The van der Waals surface area contributed by atoms with Gasteiger partial charge in [-0.3, -0.25) is 4.39 Å². The van der Waals surface area contributed by atoms with Gasteiger partial charge in [0.15, 0.2) is 11.6 Å². The molecule has 2 nitrogen and oxygen atoms in total. The summed E-state index contributed by atoms with van der Waals surface area (Å²) in [5.74, 6) is -0.200. The van der Waals surface area contributed by atoms with E-state index in [4.69, 9.17) is 10.5 Å². The van der Waals surface area contributed by atoms with Gasteiger partial charge in [-0.05, 0) is 24.5 Å². The number of alkyl halides is 1. The zero-order chi connectivity index (χ0) is 12.7. The van der Waals surface area contributed by atoms with Crippen LogP contribution in [0.5, 0.6) is 5.75 Å². The topological polar surface area (TPSA) is 35.2 Å². The zero-order valence-corrected chi connectivity index (χ0v) is 10.1. The fourth-order valence-electron chi connectivity index (χ4n) is 1.53. The van der Waals surface area contributed by atoms with E-state index in [9.17, 15) is 8.78 Å². The molecule has 0 aromatic heterocycles. The lowest BCUT2D eigenvalue weighted by atomic mass is 10.0. The molecule has 1 rings (SSSR count). The van der Waals surface area contributed by atoms with Crippen LogP contribution in [0.4, 0.5) is 8.78 Å². The van der Waals surface area contributed by atoms with Crippen molar-refractivity contribution in [2.24, 2.45) is 5.73 Å². The SMILES string of the molecule is CCC(N)Cc1cccc(F)c1OCCCF. The first-order valence-electron chi connectivity index (χ1n) is 5.90. The molecule has 1 aromatic rings. The molecule has 0 aliphatic heterocycles. The number of hydrogen-bond donors (Lipinski definition) is 1. The molecule has 0 saturated heterocycles. The van der Waals surface area contributed by atoms with Gasteiger partial charge < -0.3 is 10.5 Å². The lowest BCUT2D eigenvalue weighted by Gasteiger charge is -2.14. The molecule has 96 valence electrons. The Morgan fingerprint density at radius 1 is 1.41 bits per heavy atom. The predicted octanol–water partition coefficient (Wildman–Crippen LogP) is 2.84. The summed E-state index contributed by atoms with van der Waals surface area (Å²) in [6.07, 6.45) is 1.66. The standard InChI is InChI=1S/C13H19F2NO/c1-2-11(16)9-10-5-3-6-12(15)13(10)17-8-4-7-14/h3,5-6,11H,2,4,7-9,16H2,1H3. The first kappa shape index (κ1) is 13.9. The highest BCUT2D eigenvalue weighted by Crippen LogP contribution is 2.24. The van der Waals surface area contributed by atoms with E-state index in [1.807, 2.05) is 6.92 Å². The van der Waals surface area contributed by atoms with Gasteiger partial charge >= 0.3 is 0 Å². The van der Waals surface area contributed by atoms with Crippen LogP contribution in [0.1, 0.15) is 25.3 Å². The number of benzene rings is 1. The highest BCUT2D eigenvalue weighted by Gasteiger charge is 2.12. The van der Waals surface area contributed by atoms with Gasteiger partial charge in [0, 0.05) is 12.5 Å². The fraction of sp³-hybridized carbons (Fsp3) is 0.538. The van der Waals surface area contributed by atoms with Crippen LogP contribution in [-0.4, -0.2) is 19.3 Å². The van der Waals surface area contributed by atoms with Crippen molar-refractivity contribution in [2.45, 2.75) is 32.2 Å². The quantitative estimate of drug-likeness (QED) is 0.747. The van der Waals surface area contributed by atoms with E-state index in [0.29, 0.717) is 6.42 Å². The van der Waals surface area contributed by atoms with Gasteiger partial charge in [0.1, 0.15) is 0 Å². The first-order chi connectivity index (χ1) is 8.19. The van der Waals surface area contributed by atoms with Crippen LogP contribution >= 0.6 is 0 Å². The Labute approximate surface area is 101 Å². The molecular weight excluding hydrogens is 224 g/mol. The van der Waals surface area contributed by atoms with Crippen LogP contribution < -0.4 is 10.5 Å². The number of rotatable bonds is 7. The van der Waals surface area contributed by atoms with Crippen LogP contribution in [-0.2, 0) is 6.42 Å². The van der Waals surface area contributed by atoms with Crippen LogP contribution in [0.3, 0.4) is 0 Å². The molecule has 0 fully saturated rings. The lowest BCUT2D eigenvalue weighted by Crippen LogP contribution is -2.22. The van der Waals surface area contributed by atoms with Crippen molar-refractivity contribution in [1.29, 1.82) is 0 Å². The Morgan fingerprint density at radius 2 is 2.18 bits per heavy atom. The summed E-state index contributed by atoms with van der Waals surface area (Å²) < 4.78 is 30.8. The van der Waals surface area contributed by atoms with Gasteiger partial charge in [0.05, 0.1) is 13.3 Å². The monoisotopic (exact) mass is 243 g/mol. The Bertz CT molecular complexity index is 344. The number of nitrogens with two attached hydrogens (primary N) is 1. The summed E-state index contributed by atoms with van der Waals surface area (Å²) in [5.41, 5.74) is 6.59. The highest BCUT2D eigenvalue weighted by molar-refractivity contribution is 5.35. The summed E-state index contributed by atoms with van der Waals surface area (Å²) in [6.45, 7) is 1.71. The van der Waals surface area contributed by atoms with Crippen molar-refractivity contribution >= 4 is 0 Å². The van der Waals surface area contributed by atoms with Crippen molar-refractivity contribution in [2.75, 3.05) is 13.3 Å². The van der Waals surface area contributed by atoms with Crippen LogP contribution in [0.15, 0.2) is 18.2 Å². The average Bonchev–Trinajstić information content (AvgIpc) is 2.32. The number of hydrogen-bond acceptors (Lipinski definition) is 2. The molecule has 0 heterocycles. The predicted molar refractivity (Wildman–Crippen MR) is 64.5 cm³/mol. The molecule has 1 aromatic carbocycles. The molecule has 1 unspecified atom stereocenters. The second-order valence-corrected chi connectivity index (χ2v) is 3.99. The minimum Gasteiger partial charge on any atom is -0.490 e. The molecule has 17 heavy (non-hydrogen) atoms. The largest absolute Gasteiger partial charge is 0.490 e. The van der Waals surface area contributed by atoms with Crippen LogP contribution in [0.25, 0.3) is 0 Å². The van der Waals surface area contributed by atoms with Gasteiger partial charge in [0.25, 0.3) is 0 Å². The van der Waals surface area contributed by atoms with Gasteiger partial charge in [-0.25, -0.2) is 4.39 Å². The number of para-hydroxylation sites is 1. The summed E-state index contributed by atoms with van der Waals surface area (Å²) in [7, 11) is 0. The molecule has 0 saturated carbocycles. The van der Waals surface area contributed by atoms with Crippen molar-refractivity contribution < 1.29 is 13.5 Å². The van der Waals surface area contributed by atoms with E-state index in [-0.39, 0.29) is 24.8 Å². The van der Waals surface area contributed by atoms with Gasteiger partial charge in [-0.1, -0.05) is 19.1 Å². The molecule has 0 bridgehead atoms. The highest BCUT2D eigenvalue weighted by atomic mass is 19.1. The molecule has 0 spiro atoms. The fourth-order valence-corrected chi connectivity index (χ4v) is 1.53. The molecule has 0 aliphatic rings. The Kier molecular flexibility index (Phi) is 5.91. The maximum absolute atomic E-state index is 13.6. The minimum atomic E-state index is -0.460. The van der Waals surface area contributed by atoms with Crippen LogP contribution in [0, 0.1) is 5.82 Å². The van der Waals surface area contributed by atoms with Crippen molar-refractivity contribution in [3.8, 4) is 5.75 Å². The maximum atomic E-state index is 13.6. The van der Waals surface area contributed by atoms with E-state index >= 15 is 0 Å². The Balaban J connectivity index is 2.76. The average molecular weight is 243 g/mol.